The Kier molecular flexibility index (Phi) is 7.60. The van der Waals surface area contributed by atoms with Crippen LogP contribution in [-0.2, 0) is 0 Å². The molecule has 1 saturated carbocycles. The van der Waals surface area contributed by atoms with Gasteiger partial charge in [0.15, 0.2) is 0 Å². The molecule has 1 N–H and O–H groups in total. The molecule has 7 nitrogen and oxygen atoms in total. The predicted octanol–water partition coefficient (Wildman–Crippen LogP) is 5.87. The Morgan fingerprint density at radius 2 is 1.97 bits per heavy atom. The first-order chi connectivity index (χ1) is 16.0. The Morgan fingerprint density at radius 1 is 1.15 bits per heavy atom. The van der Waals surface area contributed by atoms with Gasteiger partial charge in [0, 0.05) is 30.4 Å². The molecule has 0 aliphatic heterocycles. The molecular weight excluding hydrogens is 414 g/mol. The van der Waals surface area contributed by atoms with E-state index in [1.165, 1.54) is 19.3 Å². The number of nitrogens with zero attached hydrogens (tertiary/aromatic N) is 4. The highest BCUT2D eigenvalue weighted by atomic mass is 16.5. The highest BCUT2D eigenvalue weighted by Crippen LogP contribution is 2.39. The van der Waals surface area contributed by atoms with Crippen molar-refractivity contribution in [3.05, 3.63) is 47.5 Å². The summed E-state index contributed by atoms with van der Waals surface area (Å²) in [7, 11) is 4.14. The fraction of sp³-hybridized carbons (Fsp3) is 0.500. The number of aromatic nitrogens is 3. The van der Waals surface area contributed by atoms with Crippen molar-refractivity contribution in [3.8, 4) is 17.0 Å². The first-order valence-electron chi connectivity index (χ1n) is 12.0. The van der Waals surface area contributed by atoms with Crippen LogP contribution in [0.2, 0.25) is 0 Å². The van der Waals surface area contributed by atoms with Gasteiger partial charge in [0.1, 0.15) is 11.5 Å². The summed E-state index contributed by atoms with van der Waals surface area (Å²) in [5.74, 6) is 2.64. The molecule has 2 heterocycles. The number of rotatable bonds is 9. The molecule has 1 aliphatic rings. The van der Waals surface area contributed by atoms with Crippen LogP contribution in [0.5, 0.6) is 5.75 Å². The van der Waals surface area contributed by atoms with Gasteiger partial charge in [0.05, 0.1) is 23.6 Å². The van der Waals surface area contributed by atoms with E-state index >= 15 is 0 Å². The molecule has 33 heavy (non-hydrogen) atoms. The van der Waals surface area contributed by atoms with E-state index in [4.69, 9.17) is 14.2 Å². The minimum atomic E-state index is 0.443. The highest BCUT2D eigenvalue weighted by Gasteiger charge is 2.26. The zero-order valence-corrected chi connectivity index (χ0v) is 20.2. The third-order valence-electron chi connectivity index (χ3n) is 6.20. The molecule has 3 aromatic rings. The van der Waals surface area contributed by atoms with Crippen LogP contribution < -0.4 is 10.1 Å². The Hall–Kier alpha value is -2.93. The molecule has 7 heteroatoms. The van der Waals surface area contributed by atoms with Crippen LogP contribution in [0.1, 0.15) is 61.5 Å². The summed E-state index contributed by atoms with van der Waals surface area (Å²) in [5.41, 5.74) is 4.88. The Bertz CT molecular complexity index is 1060. The molecule has 176 valence electrons. The van der Waals surface area contributed by atoms with Gasteiger partial charge in [-0.25, -0.2) is 9.97 Å². The van der Waals surface area contributed by atoms with E-state index in [0.717, 1.165) is 65.5 Å². The van der Waals surface area contributed by atoms with E-state index in [0.29, 0.717) is 18.5 Å². The van der Waals surface area contributed by atoms with E-state index < -0.39 is 0 Å². The van der Waals surface area contributed by atoms with Crippen molar-refractivity contribution in [3.63, 3.8) is 0 Å². The summed E-state index contributed by atoms with van der Waals surface area (Å²) in [6, 6.07) is 7.92. The van der Waals surface area contributed by atoms with Gasteiger partial charge in [0.25, 0.3) is 0 Å². The molecule has 0 saturated heterocycles. The third kappa shape index (κ3) is 5.90. The van der Waals surface area contributed by atoms with Crippen molar-refractivity contribution in [2.75, 3.05) is 32.6 Å². The van der Waals surface area contributed by atoms with Gasteiger partial charge in [-0.3, -0.25) is 0 Å². The molecule has 0 atom stereocenters. The van der Waals surface area contributed by atoms with Gasteiger partial charge < -0.3 is 19.5 Å². The Morgan fingerprint density at radius 3 is 2.76 bits per heavy atom. The molecule has 0 bridgehead atoms. The predicted molar refractivity (Wildman–Crippen MR) is 131 cm³/mol. The number of ether oxygens (including phenoxy) is 1. The molecule has 0 unspecified atom stereocenters. The van der Waals surface area contributed by atoms with Crippen LogP contribution in [0.15, 0.2) is 35.0 Å². The van der Waals surface area contributed by atoms with Crippen LogP contribution >= 0.6 is 0 Å². The van der Waals surface area contributed by atoms with E-state index in [1.54, 1.807) is 0 Å². The second kappa shape index (κ2) is 10.8. The second-order valence-corrected chi connectivity index (χ2v) is 9.22. The largest absolute Gasteiger partial charge is 0.493 e. The van der Waals surface area contributed by atoms with E-state index in [1.807, 2.05) is 44.3 Å². The normalized spacial score (nSPS) is 14.6. The number of nitrogens with one attached hydrogen (secondary N) is 1. The van der Waals surface area contributed by atoms with Crippen molar-refractivity contribution in [2.45, 2.75) is 58.3 Å². The fourth-order valence-corrected chi connectivity index (χ4v) is 4.45. The van der Waals surface area contributed by atoms with Gasteiger partial charge in [-0.2, -0.15) is 0 Å². The number of hydrogen-bond donors (Lipinski definition) is 1. The van der Waals surface area contributed by atoms with Crippen molar-refractivity contribution in [2.24, 2.45) is 0 Å². The van der Waals surface area contributed by atoms with Gasteiger partial charge in [-0.15, -0.1) is 0 Å². The molecule has 0 radical (unpaired) electrons. The van der Waals surface area contributed by atoms with Gasteiger partial charge >= 0.3 is 0 Å². The summed E-state index contributed by atoms with van der Waals surface area (Å²) in [6.07, 6.45) is 8.98. The number of benzene rings is 1. The van der Waals surface area contributed by atoms with Crippen molar-refractivity contribution in [1.29, 1.82) is 0 Å². The Labute approximate surface area is 196 Å². The van der Waals surface area contributed by atoms with Gasteiger partial charge in [0.2, 0.25) is 5.95 Å². The maximum Gasteiger partial charge on any atom is 0.227 e. The molecular formula is C26H35N5O2. The first-order valence-corrected chi connectivity index (χ1v) is 12.0. The zero-order chi connectivity index (χ0) is 23.2. The standard InChI is InChI=1S/C26H35N5O2/c1-18-17-27-26(28-21-12-8-13-22(16-21)32-15-9-14-31(3)4)29-24(18)23-19(2)33-30-25(23)20-10-6-5-7-11-20/h8,12-13,16-17,20H,5-7,9-11,14-15H2,1-4H3,(H,27,28,29). The van der Waals surface area contributed by atoms with Crippen LogP contribution in [0.3, 0.4) is 0 Å². The van der Waals surface area contributed by atoms with E-state index in [9.17, 15) is 0 Å². The summed E-state index contributed by atoms with van der Waals surface area (Å²) in [5, 5.41) is 7.79. The lowest BCUT2D eigenvalue weighted by Gasteiger charge is -2.20. The van der Waals surface area contributed by atoms with Crippen molar-refractivity contribution in [1.82, 2.24) is 20.0 Å². The molecule has 1 fully saturated rings. The van der Waals surface area contributed by atoms with E-state index in [-0.39, 0.29) is 0 Å². The minimum Gasteiger partial charge on any atom is -0.493 e. The smallest absolute Gasteiger partial charge is 0.227 e. The molecule has 1 aromatic carbocycles. The quantitative estimate of drug-likeness (QED) is 0.409. The molecule has 0 spiro atoms. The molecule has 1 aliphatic carbocycles. The Balaban J connectivity index is 1.52. The number of anilines is 2. The van der Waals surface area contributed by atoms with Crippen molar-refractivity contribution >= 4 is 11.6 Å². The van der Waals surface area contributed by atoms with Gasteiger partial charge in [-0.1, -0.05) is 30.5 Å². The monoisotopic (exact) mass is 449 g/mol. The topological polar surface area (TPSA) is 76.3 Å². The summed E-state index contributed by atoms with van der Waals surface area (Å²) < 4.78 is 11.6. The second-order valence-electron chi connectivity index (χ2n) is 9.22. The summed E-state index contributed by atoms with van der Waals surface area (Å²) in [4.78, 5) is 11.6. The van der Waals surface area contributed by atoms with Crippen LogP contribution in [-0.4, -0.2) is 47.3 Å². The lowest BCUT2D eigenvalue weighted by molar-refractivity contribution is 0.281. The SMILES string of the molecule is Cc1cnc(Nc2cccc(OCCCN(C)C)c2)nc1-c1c(C2CCCCC2)noc1C. The molecule has 0 amide bonds. The van der Waals surface area contributed by atoms with Crippen LogP contribution in [0.25, 0.3) is 11.3 Å². The minimum absolute atomic E-state index is 0.443. The summed E-state index contributed by atoms with van der Waals surface area (Å²) >= 11 is 0. The number of hydrogen-bond acceptors (Lipinski definition) is 7. The third-order valence-corrected chi connectivity index (χ3v) is 6.20. The lowest BCUT2D eigenvalue weighted by Crippen LogP contribution is -2.15. The van der Waals surface area contributed by atoms with Crippen LogP contribution in [0, 0.1) is 13.8 Å². The average Bonchev–Trinajstić information content (AvgIpc) is 3.20. The fourth-order valence-electron chi connectivity index (χ4n) is 4.45. The summed E-state index contributed by atoms with van der Waals surface area (Å²) in [6.45, 7) is 5.70. The molecule has 4 rings (SSSR count). The van der Waals surface area contributed by atoms with Crippen LogP contribution in [0.4, 0.5) is 11.6 Å². The maximum absolute atomic E-state index is 5.91. The van der Waals surface area contributed by atoms with Crippen molar-refractivity contribution < 1.29 is 9.26 Å². The highest BCUT2D eigenvalue weighted by molar-refractivity contribution is 5.69. The van der Waals surface area contributed by atoms with Gasteiger partial charge in [-0.05, 0) is 64.9 Å². The maximum atomic E-state index is 5.91. The lowest BCUT2D eigenvalue weighted by atomic mass is 9.84. The average molecular weight is 450 g/mol. The zero-order valence-electron chi connectivity index (χ0n) is 20.2. The molecule has 2 aromatic heterocycles. The van der Waals surface area contributed by atoms with E-state index in [2.05, 4.69) is 34.5 Å². The number of aryl methyl sites for hydroxylation is 2. The first kappa shape index (κ1) is 23.2.